The van der Waals surface area contributed by atoms with Crippen LogP contribution >= 0.6 is 0 Å². The molecule has 1 aliphatic rings. The lowest BCUT2D eigenvalue weighted by Crippen LogP contribution is -2.46. The lowest BCUT2D eigenvalue weighted by Gasteiger charge is -2.31. The number of aromatic nitrogens is 2. The Morgan fingerprint density at radius 1 is 1.30 bits per heavy atom. The van der Waals surface area contributed by atoms with E-state index in [9.17, 15) is 9.59 Å². The summed E-state index contributed by atoms with van der Waals surface area (Å²) in [5, 5.41) is 5.99. The zero-order chi connectivity index (χ0) is 19.1. The number of hydrogen-bond acceptors (Lipinski definition) is 7. The molecule has 0 atom stereocenters. The van der Waals surface area contributed by atoms with Crippen molar-refractivity contribution in [2.45, 2.75) is 32.4 Å². The first-order valence-electron chi connectivity index (χ1n) is 8.96. The van der Waals surface area contributed by atoms with Crippen LogP contribution in [0.25, 0.3) is 0 Å². The van der Waals surface area contributed by atoms with Crippen LogP contribution in [0.15, 0.2) is 35.2 Å². The van der Waals surface area contributed by atoms with Crippen molar-refractivity contribution in [1.82, 2.24) is 20.2 Å². The Morgan fingerprint density at radius 2 is 2.04 bits per heavy atom. The Labute approximate surface area is 157 Å². The maximum absolute atomic E-state index is 12.4. The van der Waals surface area contributed by atoms with Crippen LogP contribution in [0.3, 0.4) is 0 Å². The van der Waals surface area contributed by atoms with Crippen LogP contribution in [0.5, 0.6) is 0 Å². The summed E-state index contributed by atoms with van der Waals surface area (Å²) in [5.74, 6) is 0.974. The van der Waals surface area contributed by atoms with Gasteiger partial charge in [-0.3, -0.25) is 4.79 Å². The van der Waals surface area contributed by atoms with Crippen molar-refractivity contribution in [3.8, 4) is 0 Å². The fourth-order valence-corrected chi connectivity index (χ4v) is 2.81. The number of ether oxygens (including phenoxy) is 1. The van der Waals surface area contributed by atoms with E-state index in [-0.39, 0.29) is 18.0 Å². The smallest absolute Gasteiger partial charge is 0.409 e. The van der Waals surface area contributed by atoms with Crippen LogP contribution in [0.1, 0.15) is 35.9 Å². The molecule has 0 saturated carbocycles. The molecule has 1 saturated heterocycles. The van der Waals surface area contributed by atoms with Crippen molar-refractivity contribution in [1.29, 1.82) is 0 Å². The van der Waals surface area contributed by atoms with Gasteiger partial charge in [-0.05, 0) is 31.9 Å². The van der Waals surface area contributed by atoms with Crippen molar-refractivity contribution in [3.05, 3.63) is 42.1 Å². The minimum absolute atomic E-state index is 0.0138. The van der Waals surface area contributed by atoms with Gasteiger partial charge >= 0.3 is 6.09 Å². The number of carbonyl (C=O) groups excluding carboxylic acids is 2. The molecule has 2 N–H and O–H groups in total. The van der Waals surface area contributed by atoms with Crippen LogP contribution < -0.4 is 10.6 Å². The van der Waals surface area contributed by atoms with E-state index >= 15 is 0 Å². The predicted molar refractivity (Wildman–Crippen MR) is 97.1 cm³/mol. The van der Waals surface area contributed by atoms with Crippen LogP contribution in [0, 0.1) is 0 Å². The summed E-state index contributed by atoms with van der Waals surface area (Å²) in [7, 11) is 0. The van der Waals surface area contributed by atoms with Crippen LogP contribution in [0.4, 0.5) is 10.7 Å². The van der Waals surface area contributed by atoms with Gasteiger partial charge < -0.3 is 24.7 Å². The minimum atomic E-state index is -0.298. The number of furan rings is 1. The summed E-state index contributed by atoms with van der Waals surface area (Å²) in [5.41, 5.74) is 0.395. The number of anilines is 1. The van der Waals surface area contributed by atoms with Crippen LogP contribution in [-0.4, -0.2) is 52.6 Å². The second-order valence-electron chi connectivity index (χ2n) is 6.16. The van der Waals surface area contributed by atoms with Gasteiger partial charge in [0.25, 0.3) is 5.91 Å². The summed E-state index contributed by atoms with van der Waals surface area (Å²) in [4.78, 5) is 34.0. The van der Waals surface area contributed by atoms with Crippen molar-refractivity contribution in [2.24, 2.45) is 0 Å². The second kappa shape index (κ2) is 9.02. The highest BCUT2D eigenvalue weighted by Crippen LogP contribution is 2.12. The molecule has 0 aliphatic carbocycles. The van der Waals surface area contributed by atoms with Crippen molar-refractivity contribution >= 4 is 17.9 Å². The number of piperidine rings is 1. The molecule has 0 spiro atoms. The molecule has 2 amide bonds. The summed E-state index contributed by atoms with van der Waals surface area (Å²) in [6.07, 6.45) is 5.65. The normalized spacial score (nSPS) is 14.6. The van der Waals surface area contributed by atoms with Gasteiger partial charge in [0.15, 0.2) is 0 Å². The second-order valence-corrected chi connectivity index (χ2v) is 6.16. The van der Waals surface area contributed by atoms with Crippen LogP contribution in [-0.2, 0) is 11.3 Å². The molecule has 0 bridgehead atoms. The number of nitrogens with one attached hydrogen (secondary N) is 2. The number of nitrogens with zero attached hydrogens (tertiary/aromatic N) is 3. The van der Waals surface area contributed by atoms with Gasteiger partial charge in [-0.25, -0.2) is 14.8 Å². The highest BCUT2D eigenvalue weighted by atomic mass is 16.6. The van der Waals surface area contributed by atoms with E-state index in [0.29, 0.717) is 50.6 Å². The molecule has 1 aliphatic heterocycles. The lowest BCUT2D eigenvalue weighted by atomic mass is 10.1. The van der Waals surface area contributed by atoms with Gasteiger partial charge in [0, 0.05) is 31.5 Å². The number of rotatable bonds is 6. The first-order valence-corrected chi connectivity index (χ1v) is 8.96. The fourth-order valence-electron chi connectivity index (χ4n) is 2.81. The third-order valence-electron chi connectivity index (χ3n) is 4.27. The molecule has 9 nitrogen and oxygen atoms in total. The minimum Gasteiger partial charge on any atom is -0.467 e. The molecule has 144 valence electrons. The lowest BCUT2D eigenvalue weighted by molar-refractivity contribution is 0.0859. The predicted octanol–water partition coefficient (Wildman–Crippen LogP) is 2.03. The van der Waals surface area contributed by atoms with Gasteiger partial charge in [0.2, 0.25) is 5.95 Å². The number of amides is 2. The molecule has 2 aromatic rings. The molecule has 9 heteroatoms. The standard InChI is InChI=1S/C18H23N5O4/c1-2-26-18(25)23-7-5-14(6-8-23)22-16(24)13-10-19-17(20-11-13)21-12-15-4-3-9-27-15/h3-4,9-11,14H,2,5-8,12H2,1H3,(H,22,24)(H,19,20,21). The number of carbonyl (C=O) groups is 2. The number of hydrogen-bond donors (Lipinski definition) is 2. The molecule has 2 aromatic heterocycles. The van der Waals surface area contributed by atoms with Gasteiger partial charge in [0.05, 0.1) is 25.0 Å². The first kappa shape index (κ1) is 18.7. The van der Waals surface area contributed by atoms with Crippen molar-refractivity contribution < 1.29 is 18.7 Å². The zero-order valence-corrected chi connectivity index (χ0v) is 15.2. The molecule has 0 aromatic carbocycles. The highest BCUT2D eigenvalue weighted by Gasteiger charge is 2.24. The zero-order valence-electron chi connectivity index (χ0n) is 15.2. The maximum Gasteiger partial charge on any atom is 0.409 e. The average molecular weight is 373 g/mol. The Balaban J connectivity index is 1.45. The topological polar surface area (TPSA) is 110 Å². The van der Waals surface area contributed by atoms with Crippen molar-refractivity contribution in [3.63, 3.8) is 0 Å². The van der Waals surface area contributed by atoms with Crippen LogP contribution in [0.2, 0.25) is 0 Å². The van der Waals surface area contributed by atoms with Gasteiger partial charge in [-0.2, -0.15) is 0 Å². The van der Waals surface area contributed by atoms with E-state index in [4.69, 9.17) is 9.15 Å². The van der Waals surface area contributed by atoms with E-state index in [1.165, 1.54) is 12.4 Å². The summed E-state index contributed by atoms with van der Waals surface area (Å²) in [6, 6.07) is 3.67. The third-order valence-corrected chi connectivity index (χ3v) is 4.27. The maximum atomic E-state index is 12.4. The van der Waals surface area contributed by atoms with E-state index in [0.717, 1.165) is 5.76 Å². The molecule has 27 heavy (non-hydrogen) atoms. The highest BCUT2D eigenvalue weighted by molar-refractivity contribution is 5.93. The summed E-state index contributed by atoms with van der Waals surface area (Å²) in [6.45, 7) is 3.75. The van der Waals surface area contributed by atoms with E-state index in [1.54, 1.807) is 18.1 Å². The Morgan fingerprint density at radius 3 is 2.67 bits per heavy atom. The molecule has 3 rings (SSSR count). The van der Waals surface area contributed by atoms with E-state index in [1.807, 2.05) is 12.1 Å². The largest absolute Gasteiger partial charge is 0.467 e. The molecular weight excluding hydrogens is 350 g/mol. The Kier molecular flexibility index (Phi) is 6.24. The molecule has 0 radical (unpaired) electrons. The summed E-state index contributed by atoms with van der Waals surface area (Å²) < 4.78 is 10.2. The summed E-state index contributed by atoms with van der Waals surface area (Å²) >= 11 is 0. The van der Waals surface area contributed by atoms with Crippen molar-refractivity contribution in [2.75, 3.05) is 25.0 Å². The van der Waals surface area contributed by atoms with Gasteiger partial charge in [-0.15, -0.1) is 0 Å². The number of likely N-dealkylation sites (tertiary alicyclic amines) is 1. The molecular formula is C18H23N5O4. The Hall–Kier alpha value is -3.10. The van der Waals surface area contributed by atoms with Gasteiger partial charge in [0.1, 0.15) is 5.76 Å². The molecule has 3 heterocycles. The molecule has 1 fully saturated rings. The SMILES string of the molecule is CCOC(=O)N1CCC(NC(=O)c2cnc(NCc3ccco3)nc2)CC1. The average Bonchev–Trinajstić information content (AvgIpc) is 3.21. The quantitative estimate of drug-likeness (QED) is 0.797. The monoisotopic (exact) mass is 373 g/mol. The Bertz CT molecular complexity index is 740. The van der Waals surface area contributed by atoms with Gasteiger partial charge in [-0.1, -0.05) is 0 Å². The fraction of sp³-hybridized carbons (Fsp3) is 0.444. The van der Waals surface area contributed by atoms with E-state index in [2.05, 4.69) is 20.6 Å². The first-order chi connectivity index (χ1) is 13.2. The third kappa shape index (κ3) is 5.19. The van der Waals surface area contributed by atoms with E-state index < -0.39 is 0 Å². The molecule has 0 unspecified atom stereocenters.